The van der Waals surface area contributed by atoms with Crippen molar-refractivity contribution in [2.24, 2.45) is 0 Å². The molecule has 1 amide bonds. The number of rotatable bonds is 8. The number of nitriles is 2. The first kappa shape index (κ1) is 28.9. The predicted octanol–water partition coefficient (Wildman–Crippen LogP) is 1.14. The van der Waals surface area contributed by atoms with Crippen LogP contribution in [0.2, 0.25) is 5.02 Å². The molecule has 2 atom stereocenters. The first-order chi connectivity index (χ1) is 20.8. The zero-order valence-corrected chi connectivity index (χ0v) is 24.5. The molecule has 43 heavy (non-hydrogen) atoms. The molecule has 6 rings (SSSR count). The number of halogens is 1. The lowest BCUT2D eigenvalue weighted by Crippen LogP contribution is -2.56. The Morgan fingerprint density at radius 1 is 1.14 bits per heavy atom. The number of carbonyl (C=O) groups excluding carboxylic acids is 1. The van der Waals surface area contributed by atoms with Gasteiger partial charge in [0.25, 0.3) is 0 Å². The number of benzene rings is 1. The first-order valence-corrected chi connectivity index (χ1v) is 14.8. The van der Waals surface area contributed by atoms with Gasteiger partial charge in [-0.25, -0.2) is 4.98 Å². The van der Waals surface area contributed by atoms with Crippen molar-refractivity contribution in [3.05, 3.63) is 34.6 Å². The van der Waals surface area contributed by atoms with Crippen molar-refractivity contribution in [1.82, 2.24) is 34.7 Å². The molecule has 224 valence electrons. The van der Waals surface area contributed by atoms with Crippen LogP contribution in [0.5, 0.6) is 0 Å². The highest BCUT2D eigenvalue weighted by Gasteiger charge is 2.31. The number of anilines is 4. The third kappa shape index (κ3) is 6.43. The zero-order valence-electron chi connectivity index (χ0n) is 23.8. The summed E-state index contributed by atoms with van der Waals surface area (Å²) >= 11 is 6.88. The van der Waals surface area contributed by atoms with Crippen LogP contribution < -0.4 is 20.9 Å². The Morgan fingerprint density at radius 2 is 1.93 bits per heavy atom. The summed E-state index contributed by atoms with van der Waals surface area (Å²) in [4.78, 5) is 27.9. The maximum atomic E-state index is 12.7. The minimum absolute atomic E-state index is 0.0944. The Bertz CT molecular complexity index is 1600. The van der Waals surface area contributed by atoms with Gasteiger partial charge in [0.15, 0.2) is 17.2 Å². The van der Waals surface area contributed by atoms with Gasteiger partial charge in [-0.2, -0.15) is 20.0 Å². The normalized spacial score (nSPS) is 21.3. The molecule has 0 radical (unpaired) electrons. The molecule has 4 N–H and O–H groups in total. The van der Waals surface area contributed by atoms with Gasteiger partial charge < -0.3 is 30.9 Å². The summed E-state index contributed by atoms with van der Waals surface area (Å²) in [6.45, 7) is 4.60. The number of aromatic nitrogens is 4. The Hall–Kier alpha value is -4.21. The summed E-state index contributed by atoms with van der Waals surface area (Å²) in [7, 11) is 2.07. The highest BCUT2D eigenvalue weighted by molar-refractivity contribution is 6.36. The number of aliphatic hydroxyl groups is 1. The van der Waals surface area contributed by atoms with Crippen molar-refractivity contribution < 1.29 is 9.90 Å². The lowest BCUT2D eigenvalue weighted by Gasteiger charge is -2.38. The number of piperazine rings is 1. The van der Waals surface area contributed by atoms with Crippen LogP contribution in [0.15, 0.2) is 18.3 Å². The summed E-state index contributed by atoms with van der Waals surface area (Å²) < 4.78 is 1.42. The number of aliphatic hydroxyl groups excluding tert-OH is 1. The van der Waals surface area contributed by atoms with Gasteiger partial charge in [-0.3, -0.25) is 9.69 Å². The molecule has 14 nitrogen and oxygen atoms in total. The van der Waals surface area contributed by atoms with Crippen LogP contribution in [0.3, 0.4) is 0 Å². The van der Waals surface area contributed by atoms with E-state index in [-0.39, 0.29) is 36.2 Å². The topological polar surface area (TPSA) is 174 Å². The van der Waals surface area contributed by atoms with Gasteiger partial charge in [0, 0.05) is 45.3 Å². The molecule has 1 saturated carbocycles. The average molecular weight is 605 g/mol. The number of hydrogen-bond donors (Lipinski definition) is 4. The van der Waals surface area contributed by atoms with Crippen LogP contribution in [0.1, 0.15) is 30.5 Å². The highest BCUT2D eigenvalue weighted by atomic mass is 35.5. The van der Waals surface area contributed by atoms with E-state index < -0.39 is 6.10 Å². The molecular weight excluding hydrogens is 572 g/mol. The van der Waals surface area contributed by atoms with Crippen molar-refractivity contribution in [3.8, 4) is 12.1 Å². The second-order valence-corrected chi connectivity index (χ2v) is 11.7. The molecule has 3 aliphatic rings. The number of imidazole rings is 1. The summed E-state index contributed by atoms with van der Waals surface area (Å²) in [5.74, 6) is 0.576. The molecule has 2 aliphatic heterocycles. The van der Waals surface area contributed by atoms with E-state index in [0.29, 0.717) is 52.9 Å². The Kier molecular flexibility index (Phi) is 8.19. The van der Waals surface area contributed by atoms with E-state index in [9.17, 15) is 20.4 Å². The lowest BCUT2D eigenvalue weighted by molar-refractivity contribution is -0.124. The van der Waals surface area contributed by atoms with Crippen LogP contribution in [0.4, 0.5) is 23.1 Å². The van der Waals surface area contributed by atoms with Gasteiger partial charge in [0.1, 0.15) is 6.07 Å². The number of hydrogen-bond acceptors (Lipinski definition) is 12. The zero-order chi connectivity index (χ0) is 30.1. The maximum Gasteiger partial charge on any atom is 0.247 e. The lowest BCUT2D eigenvalue weighted by atomic mass is 10.0. The molecule has 4 heterocycles. The smallest absolute Gasteiger partial charge is 0.247 e. The van der Waals surface area contributed by atoms with E-state index in [2.05, 4.69) is 60.0 Å². The molecule has 0 spiro atoms. The van der Waals surface area contributed by atoms with Gasteiger partial charge in [0.2, 0.25) is 11.9 Å². The fraction of sp³-hybridized carbons (Fsp3) is 0.500. The predicted molar refractivity (Wildman–Crippen MR) is 160 cm³/mol. The molecule has 2 aromatic heterocycles. The van der Waals surface area contributed by atoms with Crippen molar-refractivity contribution in [1.29, 1.82) is 10.5 Å². The monoisotopic (exact) mass is 604 g/mol. The largest absolute Gasteiger partial charge is 0.389 e. The summed E-state index contributed by atoms with van der Waals surface area (Å²) in [5, 5.41) is 44.5. The minimum atomic E-state index is -0.823. The van der Waals surface area contributed by atoms with E-state index >= 15 is 0 Å². The molecule has 1 aliphatic carbocycles. The number of β-amino-alcohol motifs (C(OH)–C–C–N with tert-alkyl or cyclic N) is 1. The van der Waals surface area contributed by atoms with Crippen LogP contribution in [-0.2, 0) is 4.79 Å². The Balaban J connectivity index is 1.18. The third-order valence-electron chi connectivity index (χ3n) is 8.06. The summed E-state index contributed by atoms with van der Waals surface area (Å²) in [6.07, 6.45) is 3.17. The molecule has 15 heteroatoms. The van der Waals surface area contributed by atoms with Crippen LogP contribution >= 0.6 is 11.6 Å². The van der Waals surface area contributed by atoms with Gasteiger partial charge in [-0.1, -0.05) is 11.6 Å². The second-order valence-electron chi connectivity index (χ2n) is 11.3. The fourth-order valence-electron chi connectivity index (χ4n) is 5.42. The van der Waals surface area contributed by atoms with E-state index in [4.69, 9.17) is 11.6 Å². The van der Waals surface area contributed by atoms with E-state index in [1.54, 1.807) is 12.1 Å². The number of carbonyl (C=O) groups is 1. The van der Waals surface area contributed by atoms with Gasteiger partial charge in [-0.05, 0) is 38.4 Å². The van der Waals surface area contributed by atoms with Crippen LogP contribution in [-0.4, -0.2) is 111 Å². The van der Waals surface area contributed by atoms with E-state index in [1.165, 1.54) is 10.7 Å². The summed E-state index contributed by atoms with van der Waals surface area (Å²) in [5.41, 5.74) is 2.03. The number of piperidine rings is 1. The Labute approximate surface area is 253 Å². The molecule has 3 fully saturated rings. The van der Waals surface area contributed by atoms with Crippen molar-refractivity contribution in [2.75, 3.05) is 68.4 Å². The number of nitrogens with zero attached hydrogens (tertiary/aromatic N) is 9. The quantitative estimate of drug-likeness (QED) is 0.289. The minimum Gasteiger partial charge on any atom is -0.389 e. The number of fused-ring (bicyclic) bond motifs is 1. The Morgan fingerprint density at radius 3 is 2.63 bits per heavy atom. The SMILES string of the molecule is CN1CCN(CC(=O)NC2CCN(c3cc(C#N)cc(Nc4nc(NC5CC5)c5ncc(C#N)n5n4)c3Cl)CC2O)CC1. The van der Waals surface area contributed by atoms with Crippen molar-refractivity contribution in [2.45, 2.75) is 37.5 Å². The third-order valence-corrected chi connectivity index (χ3v) is 8.45. The fourth-order valence-corrected chi connectivity index (χ4v) is 5.70. The highest BCUT2D eigenvalue weighted by Crippen LogP contribution is 2.37. The van der Waals surface area contributed by atoms with Crippen molar-refractivity contribution >= 4 is 46.3 Å². The van der Waals surface area contributed by atoms with Crippen LogP contribution in [0, 0.1) is 22.7 Å². The molecule has 3 aromatic rings. The molecule has 0 bridgehead atoms. The van der Waals surface area contributed by atoms with E-state index in [1.807, 2.05) is 4.90 Å². The number of amides is 1. The van der Waals surface area contributed by atoms with Gasteiger partial charge >= 0.3 is 0 Å². The second kappa shape index (κ2) is 12.2. The first-order valence-electron chi connectivity index (χ1n) is 14.4. The molecule has 2 unspecified atom stereocenters. The standard InChI is InChI=1S/C28H33ClN12O2/c1-38-6-8-39(9-7-38)16-24(43)34-20-4-5-40(15-23(20)42)22-11-17(12-30)10-21(25(22)29)35-28-36-26(33-18-2-3-18)27-32-14-19(13-31)41(27)37-28/h10-11,14,18,20,23,42H,2-9,15-16H2,1H3,(H,34,43)(H2,33,35,36,37). The van der Waals surface area contributed by atoms with Crippen LogP contribution in [0.25, 0.3) is 5.65 Å². The number of nitrogens with one attached hydrogen (secondary N) is 3. The van der Waals surface area contributed by atoms with Crippen molar-refractivity contribution in [3.63, 3.8) is 0 Å². The average Bonchev–Trinajstić information content (AvgIpc) is 3.72. The maximum absolute atomic E-state index is 12.7. The molecule has 1 aromatic carbocycles. The van der Waals surface area contributed by atoms with Gasteiger partial charge in [-0.15, -0.1) is 5.10 Å². The molecule has 2 saturated heterocycles. The summed E-state index contributed by atoms with van der Waals surface area (Å²) in [6, 6.07) is 7.45. The number of likely N-dealkylation sites (N-methyl/N-ethyl adjacent to an activating group) is 1. The molecular formula is C28H33ClN12O2. The van der Waals surface area contributed by atoms with Gasteiger partial charge in [0.05, 0.1) is 52.9 Å². The van der Waals surface area contributed by atoms with E-state index in [0.717, 1.165) is 39.0 Å².